The van der Waals surface area contributed by atoms with E-state index in [1.165, 1.54) is 44.9 Å². The minimum atomic E-state index is -0.463. The topological polar surface area (TPSA) is 78.7 Å². The number of esters is 1. The Kier molecular flexibility index (Phi) is 14.5. The highest BCUT2D eigenvalue weighted by atomic mass is 16.6. The Bertz CT molecular complexity index is 1300. The Morgan fingerprint density at radius 3 is 2.09 bits per heavy atom. The van der Waals surface area contributed by atoms with Gasteiger partial charge in [0, 0.05) is 11.6 Å². The van der Waals surface area contributed by atoms with Crippen LogP contribution in [0.3, 0.4) is 0 Å². The summed E-state index contributed by atoms with van der Waals surface area (Å²) in [4.78, 5) is 24.3. The Hall–Kier alpha value is -3.93. The second-order valence-corrected chi connectivity index (χ2v) is 11.2. The van der Waals surface area contributed by atoms with E-state index in [2.05, 4.69) is 26.8 Å². The average molecular weight is 586 g/mol. The zero-order valence-electron chi connectivity index (χ0n) is 26.1. The van der Waals surface area contributed by atoms with E-state index in [1.54, 1.807) is 42.5 Å². The van der Waals surface area contributed by atoms with E-state index in [0.29, 0.717) is 23.7 Å². The van der Waals surface area contributed by atoms with Crippen LogP contribution in [0.4, 0.5) is 5.69 Å². The van der Waals surface area contributed by atoms with Crippen LogP contribution in [0.25, 0.3) is 11.1 Å². The molecule has 0 aliphatic rings. The highest BCUT2D eigenvalue weighted by Crippen LogP contribution is 2.34. The van der Waals surface area contributed by atoms with Crippen molar-refractivity contribution in [3.63, 3.8) is 0 Å². The van der Waals surface area contributed by atoms with Crippen molar-refractivity contribution < 1.29 is 19.2 Å². The smallest absolute Gasteiger partial charge is 0.343 e. The molecule has 3 rings (SSSR count). The van der Waals surface area contributed by atoms with Gasteiger partial charge in [-0.1, -0.05) is 109 Å². The number of unbranched alkanes of at least 4 members (excludes halogenated alkanes) is 8. The zero-order valence-corrected chi connectivity index (χ0v) is 26.1. The summed E-state index contributed by atoms with van der Waals surface area (Å²) in [5.41, 5.74) is 2.92. The number of rotatable bonds is 19. The molecule has 0 saturated heterocycles. The molecule has 0 amide bonds. The minimum absolute atomic E-state index is 0.125. The van der Waals surface area contributed by atoms with Crippen molar-refractivity contribution in [2.75, 3.05) is 6.61 Å². The fourth-order valence-electron chi connectivity index (χ4n) is 5.10. The average Bonchev–Trinajstić information content (AvgIpc) is 3.02. The first-order chi connectivity index (χ1) is 20.9. The fraction of sp³-hybridized carbons (Fsp3) is 0.432. The fourth-order valence-corrected chi connectivity index (χ4v) is 5.10. The Labute approximate surface area is 257 Å². The van der Waals surface area contributed by atoms with Gasteiger partial charge in [0.1, 0.15) is 18.1 Å². The first kappa shape index (κ1) is 33.6. The molecule has 0 aliphatic heterocycles. The van der Waals surface area contributed by atoms with Crippen molar-refractivity contribution >= 4 is 11.7 Å². The van der Waals surface area contributed by atoms with Gasteiger partial charge in [0.2, 0.25) is 0 Å². The minimum Gasteiger partial charge on any atom is -0.490 e. The maximum absolute atomic E-state index is 12.7. The number of hydrogen-bond donors (Lipinski definition) is 0. The molecule has 1 atom stereocenters. The van der Waals surface area contributed by atoms with E-state index >= 15 is 0 Å². The van der Waals surface area contributed by atoms with Crippen molar-refractivity contribution in [3.05, 3.63) is 100 Å². The van der Waals surface area contributed by atoms with E-state index in [9.17, 15) is 14.9 Å². The van der Waals surface area contributed by atoms with Gasteiger partial charge >= 0.3 is 5.97 Å². The highest BCUT2D eigenvalue weighted by Gasteiger charge is 2.20. The number of allylic oxidation sites excluding steroid dienone is 1. The third-order valence-corrected chi connectivity index (χ3v) is 7.72. The van der Waals surface area contributed by atoms with Gasteiger partial charge in [-0.2, -0.15) is 0 Å². The van der Waals surface area contributed by atoms with Gasteiger partial charge in [-0.05, 0) is 72.7 Å². The number of nitro benzene ring substituents is 1. The van der Waals surface area contributed by atoms with Crippen LogP contribution in [0, 0.1) is 10.1 Å². The van der Waals surface area contributed by atoms with Crippen molar-refractivity contribution in [2.45, 2.75) is 97.3 Å². The Morgan fingerprint density at radius 2 is 1.42 bits per heavy atom. The lowest BCUT2D eigenvalue weighted by Crippen LogP contribution is -2.08. The molecule has 230 valence electrons. The van der Waals surface area contributed by atoms with E-state index in [0.717, 1.165) is 42.4 Å². The molecular formula is C37H47NO5. The third kappa shape index (κ3) is 11.3. The number of hydrogen-bond acceptors (Lipinski definition) is 5. The lowest BCUT2D eigenvalue weighted by Gasteiger charge is -2.13. The second kappa shape index (κ2) is 18.6. The highest BCUT2D eigenvalue weighted by molar-refractivity contribution is 5.91. The van der Waals surface area contributed by atoms with Gasteiger partial charge in [0.05, 0.1) is 10.5 Å². The molecule has 0 heterocycles. The summed E-state index contributed by atoms with van der Waals surface area (Å²) in [5, 5.41) is 11.9. The van der Waals surface area contributed by atoms with Crippen LogP contribution in [-0.2, 0) is 0 Å². The summed E-state index contributed by atoms with van der Waals surface area (Å²) in [6, 6.07) is 19.4. The number of nitrogens with zero attached hydrogens (tertiary/aromatic N) is 1. The molecular weight excluding hydrogens is 538 g/mol. The maximum Gasteiger partial charge on any atom is 0.343 e. The zero-order chi connectivity index (χ0) is 30.9. The molecule has 0 saturated carbocycles. The number of ether oxygens (including phenoxy) is 2. The van der Waals surface area contributed by atoms with Gasteiger partial charge in [-0.25, -0.2) is 4.79 Å². The monoisotopic (exact) mass is 585 g/mol. The summed E-state index contributed by atoms with van der Waals surface area (Å²) >= 11 is 0. The lowest BCUT2D eigenvalue weighted by molar-refractivity contribution is -0.385. The Balaban J connectivity index is 1.52. The molecule has 0 aromatic heterocycles. The lowest BCUT2D eigenvalue weighted by atomic mass is 9.91. The predicted molar refractivity (Wildman–Crippen MR) is 175 cm³/mol. The van der Waals surface area contributed by atoms with Crippen LogP contribution in [0.2, 0.25) is 0 Å². The van der Waals surface area contributed by atoms with E-state index in [4.69, 9.17) is 9.47 Å². The SMILES string of the molecule is CCCCCCC/C=C/COc1ccc(C(=O)Oc2ccc(-c3ccc([C@@H](C)CCCCCC)c([N+](=O)[O-])c3)cc2)cc1. The number of nitro groups is 1. The maximum atomic E-state index is 12.7. The van der Waals surface area contributed by atoms with Crippen LogP contribution in [0.15, 0.2) is 78.9 Å². The van der Waals surface area contributed by atoms with Crippen LogP contribution in [0.5, 0.6) is 11.5 Å². The second-order valence-electron chi connectivity index (χ2n) is 11.2. The summed E-state index contributed by atoms with van der Waals surface area (Å²) in [5.74, 6) is 0.760. The number of benzene rings is 3. The van der Waals surface area contributed by atoms with Crippen LogP contribution < -0.4 is 9.47 Å². The van der Waals surface area contributed by atoms with Crippen molar-refractivity contribution in [1.82, 2.24) is 0 Å². The molecule has 0 radical (unpaired) electrons. The molecule has 6 nitrogen and oxygen atoms in total. The molecule has 0 N–H and O–H groups in total. The van der Waals surface area contributed by atoms with Crippen molar-refractivity contribution in [1.29, 1.82) is 0 Å². The molecule has 0 aliphatic carbocycles. The third-order valence-electron chi connectivity index (χ3n) is 7.72. The molecule has 0 bridgehead atoms. The van der Waals surface area contributed by atoms with E-state index in [1.807, 2.05) is 30.3 Å². The van der Waals surface area contributed by atoms with Gasteiger partial charge in [-0.3, -0.25) is 10.1 Å². The normalized spacial score (nSPS) is 11.9. The van der Waals surface area contributed by atoms with Gasteiger partial charge < -0.3 is 9.47 Å². The predicted octanol–water partition coefficient (Wildman–Crippen LogP) is 10.9. The van der Waals surface area contributed by atoms with Crippen molar-refractivity contribution in [3.8, 4) is 22.6 Å². The summed E-state index contributed by atoms with van der Waals surface area (Å²) in [6.07, 6.45) is 17.2. The molecule has 43 heavy (non-hydrogen) atoms. The first-order valence-corrected chi connectivity index (χ1v) is 15.9. The first-order valence-electron chi connectivity index (χ1n) is 15.9. The molecule has 3 aromatic rings. The Morgan fingerprint density at radius 1 is 0.791 bits per heavy atom. The van der Waals surface area contributed by atoms with Gasteiger partial charge in [0.25, 0.3) is 5.69 Å². The molecule has 3 aromatic carbocycles. The van der Waals surface area contributed by atoms with Crippen LogP contribution >= 0.6 is 0 Å². The molecule has 0 fully saturated rings. The molecule has 0 unspecified atom stereocenters. The summed E-state index contributed by atoms with van der Waals surface area (Å²) in [6.45, 7) is 6.96. The van der Waals surface area contributed by atoms with Crippen LogP contribution in [-0.4, -0.2) is 17.5 Å². The number of carbonyl (C=O) groups excluding carboxylic acids is 1. The summed E-state index contributed by atoms with van der Waals surface area (Å²) in [7, 11) is 0. The number of carbonyl (C=O) groups is 1. The molecule has 0 spiro atoms. The van der Waals surface area contributed by atoms with E-state index in [-0.39, 0.29) is 16.5 Å². The van der Waals surface area contributed by atoms with Crippen molar-refractivity contribution in [2.24, 2.45) is 0 Å². The van der Waals surface area contributed by atoms with Crippen LogP contribution in [0.1, 0.15) is 113 Å². The van der Waals surface area contributed by atoms with Gasteiger partial charge in [0.15, 0.2) is 0 Å². The van der Waals surface area contributed by atoms with Gasteiger partial charge in [-0.15, -0.1) is 0 Å². The largest absolute Gasteiger partial charge is 0.490 e. The summed E-state index contributed by atoms with van der Waals surface area (Å²) < 4.78 is 11.3. The van der Waals surface area contributed by atoms with E-state index < -0.39 is 5.97 Å². The standard InChI is InChI=1S/C37H47NO5/c1-4-6-8-10-11-12-13-15-27-42-33-22-19-31(20-23-33)37(39)43-34-24-17-30(18-25-34)32-21-26-35(36(28-32)38(40)41)29(3)16-14-9-7-5-2/h13,15,17-26,28-29H,4-12,14,16,27H2,1-3H3/b15-13+/t29-/m0/s1. The quantitative estimate of drug-likeness (QED) is 0.0349. The molecule has 6 heteroatoms.